The molecule has 1 aromatic carbocycles. The molecule has 1 aliphatic rings. The predicted molar refractivity (Wildman–Crippen MR) is 81.2 cm³/mol. The molecule has 4 heteroatoms. The minimum atomic E-state index is -0.574. The Morgan fingerprint density at radius 1 is 1.47 bits per heavy atom. The molecule has 19 heavy (non-hydrogen) atoms. The molecule has 104 valence electrons. The third-order valence-corrected chi connectivity index (χ3v) is 5.19. The SMILES string of the molecule is Cc1ccc(C(N)C(=O)NCC2(C)CCCS2)cc1. The average molecular weight is 278 g/mol. The number of benzene rings is 1. The van der Waals surface area contributed by atoms with E-state index in [1.165, 1.54) is 17.7 Å². The van der Waals surface area contributed by atoms with E-state index in [4.69, 9.17) is 5.73 Å². The van der Waals surface area contributed by atoms with Crippen molar-refractivity contribution < 1.29 is 4.79 Å². The highest BCUT2D eigenvalue weighted by atomic mass is 32.2. The number of nitrogens with one attached hydrogen (secondary N) is 1. The highest BCUT2D eigenvalue weighted by Gasteiger charge is 2.30. The smallest absolute Gasteiger partial charge is 0.241 e. The lowest BCUT2D eigenvalue weighted by atomic mass is 10.0. The van der Waals surface area contributed by atoms with E-state index in [1.54, 1.807) is 0 Å². The van der Waals surface area contributed by atoms with Gasteiger partial charge in [0.25, 0.3) is 0 Å². The number of aryl methyl sites for hydroxylation is 1. The summed E-state index contributed by atoms with van der Waals surface area (Å²) in [6.45, 7) is 4.94. The van der Waals surface area contributed by atoms with E-state index in [-0.39, 0.29) is 10.7 Å². The summed E-state index contributed by atoms with van der Waals surface area (Å²) in [7, 11) is 0. The van der Waals surface area contributed by atoms with Crippen molar-refractivity contribution >= 4 is 17.7 Å². The van der Waals surface area contributed by atoms with Crippen LogP contribution >= 0.6 is 11.8 Å². The number of hydrogen-bond acceptors (Lipinski definition) is 3. The normalized spacial score (nSPS) is 24.2. The third kappa shape index (κ3) is 3.74. The van der Waals surface area contributed by atoms with E-state index in [0.717, 1.165) is 12.0 Å². The Morgan fingerprint density at radius 3 is 2.74 bits per heavy atom. The summed E-state index contributed by atoms with van der Waals surface area (Å²) >= 11 is 1.94. The fourth-order valence-electron chi connectivity index (χ4n) is 2.29. The second-order valence-corrected chi connectivity index (χ2v) is 7.19. The van der Waals surface area contributed by atoms with Gasteiger partial charge in [-0.1, -0.05) is 29.8 Å². The van der Waals surface area contributed by atoms with Crippen LogP contribution in [-0.2, 0) is 4.79 Å². The molecule has 1 fully saturated rings. The van der Waals surface area contributed by atoms with Crippen molar-refractivity contribution in [2.45, 2.75) is 37.5 Å². The van der Waals surface area contributed by atoms with Crippen LogP contribution in [-0.4, -0.2) is 23.0 Å². The van der Waals surface area contributed by atoms with Crippen LogP contribution in [0.3, 0.4) is 0 Å². The van der Waals surface area contributed by atoms with E-state index in [1.807, 2.05) is 43.0 Å². The minimum absolute atomic E-state index is 0.0856. The van der Waals surface area contributed by atoms with Gasteiger partial charge in [-0.25, -0.2) is 0 Å². The number of rotatable bonds is 4. The van der Waals surface area contributed by atoms with Gasteiger partial charge in [-0.15, -0.1) is 0 Å². The van der Waals surface area contributed by atoms with Crippen molar-refractivity contribution in [2.24, 2.45) is 5.73 Å². The van der Waals surface area contributed by atoms with Gasteiger partial charge in [0.2, 0.25) is 5.91 Å². The van der Waals surface area contributed by atoms with Crippen LogP contribution in [0.25, 0.3) is 0 Å². The molecule has 0 radical (unpaired) electrons. The molecule has 1 aromatic rings. The van der Waals surface area contributed by atoms with Gasteiger partial charge in [-0.3, -0.25) is 4.79 Å². The highest BCUT2D eigenvalue weighted by Crippen LogP contribution is 2.37. The predicted octanol–water partition coefficient (Wildman–Crippen LogP) is 2.40. The molecular weight excluding hydrogens is 256 g/mol. The topological polar surface area (TPSA) is 55.1 Å². The van der Waals surface area contributed by atoms with Gasteiger partial charge in [-0.05, 0) is 38.0 Å². The van der Waals surface area contributed by atoms with Crippen LogP contribution < -0.4 is 11.1 Å². The number of thioether (sulfide) groups is 1. The largest absolute Gasteiger partial charge is 0.353 e. The fourth-order valence-corrected chi connectivity index (χ4v) is 3.53. The van der Waals surface area contributed by atoms with Crippen molar-refractivity contribution in [3.8, 4) is 0 Å². The molecule has 0 aromatic heterocycles. The van der Waals surface area contributed by atoms with E-state index in [9.17, 15) is 4.79 Å². The fraction of sp³-hybridized carbons (Fsp3) is 0.533. The van der Waals surface area contributed by atoms with Crippen molar-refractivity contribution in [3.05, 3.63) is 35.4 Å². The van der Waals surface area contributed by atoms with Crippen LogP contribution in [0.15, 0.2) is 24.3 Å². The number of carbonyl (C=O) groups is 1. The second kappa shape index (κ2) is 5.97. The Balaban J connectivity index is 1.90. The average Bonchev–Trinajstić information content (AvgIpc) is 2.83. The summed E-state index contributed by atoms with van der Waals surface area (Å²) in [6, 6.07) is 7.24. The number of hydrogen-bond donors (Lipinski definition) is 2. The first-order chi connectivity index (χ1) is 9.00. The summed E-state index contributed by atoms with van der Waals surface area (Å²) in [4.78, 5) is 12.1. The lowest BCUT2D eigenvalue weighted by Crippen LogP contribution is -2.41. The summed E-state index contributed by atoms with van der Waals surface area (Å²) in [5, 5.41) is 2.99. The molecule has 0 saturated carbocycles. The third-order valence-electron chi connectivity index (χ3n) is 3.66. The molecule has 3 N–H and O–H groups in total. The first-order valence-electron chi connectivity index (χ1n) is 6.74. The molecule has 0 spiro atoms. The van der Waals surface area contributed by atoms with Crippen molar-refractivity contribution in [1.82, 2.24) is 5.32 Å². The highest BCUT2D eigenvalue weighted by molar-refractivity contribution is 8.00. The van der Waals surface area contributed by atoms with Gasteiger partial charge in [0.05, 0.1) is 0 Å². The Hall–Kier alpha value is -1.00. The molecule has 0 aliphatic carbocycles. The lowest BCUT2D eigenvalue weighted by molar-refractivity contribution is -0.122. The molecule has 2 rings (SSSR count). The van der Waals surface area contributed by atoms with Gasteiger partial charge in [-0.2, -0.15) is 11.8 Å². The summed E-state index contributed by atoms with van der Waals surface area (Å²) in [5.74, 6) is 1.11. The maximum Gasteiger partial charge on any atom is 0.241 e. The van der Waals surface area contributed by atoms with Crippen LogP contribution in [0.2, 0.25) is 0 Å². The van der Waals surface area contributed by atoms with Gasteiger partial charge in [0.1, 0.15) is 6.04 Å². The number of amides is 1. The number of nitrogens with two attached hydrogens (primary N) is 1. The van der Waals surface area contributed by atoms with Gasteiger partial charge < -0.3 is 11.1 Å². The van der Waals surface area contributed by atoms with E-state index >= 15 is 0 Å². The maximum absolute atomic E-state index is 12.1. The van der Waals surface area contributed by atoms with E-state index in [2.05, 4.69) is 12.2 Å². The van der Waals surface area contributed by atoms with E-state index < -0.39 is 6.04 Å². The molecular formula is C15H22N2OS. The quantitative estimate of drug-likeness (QED) is 0.889. The van der Waals surface area contributed by atoms with Crippen molar-refractivity contribution in [1.29, 1.82) is 0 Å². The Morgan fingerprint density at radius 2 is 2.16 bits per heavy atom. The zero-order valence-electron chi connectivity index (χ0n) is 11.6. The first kappa shape index (κ1) is 14.4. The maximum atomic E-state index is 12.1. The Bertz CT molecular complexity index is 438. The molecule has 2 atom stereocenters. The first-order valence-corrected chi connectivity index (χ1v) is 7.73. The van der Waals surface area contributed by atoms with Crippen LogP contribution in [0.4, 0.5) is 0 Å². The Labute approximate surface area is 119 Å². The van der Waals surface area contributed by atoms with E-state index in [0.29, 0.717) is 6.54 Å². The molecule has 3 nitrogen and oxygen atoms in total. The zero-order chi connectivity index (χ0) is 13.9. The molecule has 1 amide bonds. The lowest BCUT2D eigenvalue weighted by Gasteiger charge is -2.24. The van der Waals surface area contributed by atoms with Gasteiger partial charge >= 0.3 is 0 Å². The van der Waals surface area contributed by atoms with Crippen molar-refractivity contribution in [3.63, 3.8) is 0 Å². The molecule has 1 saturated heterocycles. The molecule has 0 bridgehead atoms. The van der Waals surface area contributed by atoms with Gasteiger partial charge in [0.15, 0.2) is 0 Å². The summed E-state index contributed by atoms with van der Waals surface area (Å²) in [6.07, 6.45) is 2.40. The standard InChI is InChI=1S/C15H22N2OS/c1-11-4-6-12(7-5-11)13(16)14(18)17-10-15(2)8-3-9-19-15/h4-7,13H,3,8-10,16H2,1-2H3,(H,17,18). The zero-order valence-corrected chi connectivity index (χ0v) is 12.4. The minimum Gasteiger partial charge on any atom is -0.353 e. The summed E-state index contributed by atoms with van der Waals surface area (Å²) in [5.41, 5.74) is 8.04. The van der Waals surface area contributed by atoms with Crippen LogP contribution in [0.5, 0.6) is 0 Å². The van der Waals surface area contributed by atoms with Crippen LogP contribution in [0, 0.1) is 6.92 Å². The summed E-state index contributed by atoms with van der Waals surface area (Å²) < 4.78 is 0.183. The molecule has 1 heterocycles. The number of carbonyl (C=O) groups excluding carboxylic acids is 1. The van der Waals surface area contributed by atoms with Gasteiger partial charge in [0, 0.05) is 11.3 Å². The monoisotopic (exact) mass is 278 g/mol. The molecule has 2 unspecified atom stereocenters. The molecule has 1 aliphatic heterocycles. The second-order valence-electron chi connectivity index (χ2n) is 5.51. The van der Waals surface area contributed by atoms with Crippen molar-refractivity contribution in [2.75, 3.05) is 12.3 Å². The van der Waals surface area contributed by atoms with Crippen LogP contribution in [0.1, 0.15) is 36.9 Å². The Kier molecular flexibility index (Phi) is 4.53.